The number of para-hydroxylation sites is 1. The molecule has 168 valence electrons. The fraction of sp³-hybridized carbons (Fsp3) is 0.318. The molecular weight excluding hydrogens is 455 g/mol. The van der Waals surface area contributed by atoms with Crippen LogP contribution in [0.2, 0.25) is 5.02 Å². The van der Waals surface area contributed by atoms with Crippen LogP contribution in [0.1, 0.15) is 5.56 Å². The summed E-state index contributed by atoms with van der Waals surface area (Å²) in [6.45, 7) is 2.87. The van der Waals surface area contributed by atoms with Crippen molar-refractivity contribution in [3.63, 3.8) is 0 Å². The van der Waals surface area contributed by atoms with E-state index in [-0.39, 0.29) is 17.5 Å². The second-order valence-electron chi connectivity index (χ2n) is 7.22. The molecular formula is C22H22ClFN4O3S. The second-order valence-corrected chi connectivity index (χ2v) is 8.55. The summed E-state index contributed by atoms with van der Waals surface area (Å²) in [6, 6.07) is 12.1. The van der Waals surface area contributed by atoms with E-state index < -0.39 is 0 Å². The molecule has 10 heteroatoms. The normalized spacial score (nSPS) is 14.5. The first kappa shape index (κ1) is 22.6. The van der Waals surface area contributed by atoms with E-state index in [2.05, 4.69) is 15.1 Å². The van der Waals surface area contributed by atoms with E-state index in [0.717, 1.165) is 0 Å². The number of rotatable bonds is 7. The van der Waals surface area contributed by atoms with Gasteiger partial charge in [-0.3, -0.25) is 9.69 Å². The molecule has 1 amide bonds. The zero-order chi connectivity index (χ0) is 22.5. The average molecular weight is 477 g/mol. The van der Waals surface area contributed by atoms with Gasteiger partial charge < -0.3 is 14.1 Å². The minimum Gasteiger partial charge on any atom is -0.496 e. The standard InChI is InChI=1S/C22H22ClFN4O3S/c1-30-19-8-3-2-5-15(19)21-25-26-22(31-21)32-14-20(29)28-11-9-27(10-12-28)13-16-17(23)6-4-7-18(16)24/h2-8H,9-14H2,1H3. The highest BCUT2D eigenvalue weighted by atomic mass is 35.5. The van der Waals surface area contributed by atoms with E-state index in [9.17, 15) is 9.18 Å². The van der Waals surface area contributed by atoms with Crippen molar-refractivity contribution in [3.05, 3.63) is 58.9 Å². The molecule has 0 spiro atoms. The minimum atomic E-state index is -0.306. The molecule has 1 fully saturated rings. The third-order valence-corrected chi connectivity index (χ3v) is 6.39. The Morgan fingerprint density at radius 3 is 2.69 bits per heavy atom. The number of amides is 1. The summed E-state index contributed by atoms with van der Waals surface area (Å²) in [6.07, 6.45) is 0. The summed E-state index contributed by atoms with van der Waals surface area (Å²) in [7, 11) is 1.58. The zero-order valence-corrected chi connectivity index (χ0v) is 19.0. The molecule has 0 saturated carbocycles. The Labute approximate surface area is 194 Å². The molecule has 32 heavy (non-hydrogen) atoms. The predicted molar refractivity (Wildman–Crippen MR) is 120 cm³/mol. The molecule has 7 nitrogen and oxygen atoms in total. The molecule has 0 bridgehead atoms. The number of nitrogens with zero attached hydrogens (tertiary/aromatic N) is 4. The van der Waals surface area contributed by atoms with Crippen LogP contribution >= 0.6 is 23.4 Å². The van der Waals surface area contributed by atoms with Crippen molar-refractivity contribution < 1.29 is 18.3 Å². The molecule has 1 saturated heterocycles. The summed E-state index contributed by atoms with van der Waals surface area (Å²) >= 11 is 7.33. The van der Waals surface area contributed by atoms with E-state index >= 15 is 0 Å². The minimum absolute atomic E-state index is 0.00406. The Hall–Kier alpha value is -2.62. The summed E-state index contributed by atoms with van der Waals surface area (Å²) in [5, 5.41) is 8.83. The van der Waals surface area contributed by atoms with Crippen molar-refractivity contribution in [3.8, 4) is 17.2 Å². The largest absolute Gasteiger partial charge is 0.496 e. The van der Waals surface area contributed by atoms with Crippen molar-refractivity contribution in [2.24, 2.45) is 0 Å². The molecule has 1 aromatic heterocycles. The van der Waals surface area contributed by atoms with E-state index in [1.54, 1.807) is 24.1 Å². The number of methoxy groups -OCH3 is 1. The number of hydrogen-bond donors (Lipinski definition) is 0. The second kappa shape index (κ2) is 10.3. The summed E-state index contributed by atoms with van der Waals surface area (Å²) in [5.41, 5.74) is 1.19. The van der Waals surface area contributed by atoms with Gasteiger partial charge in [-0.25, -0.2) is 4.39 Å². The van der Waals surface area contributed by atoms with Crippen LogP contribution < -0.4 is 4.74 Å². The van der Waals surface area contributed by atoms with Crippen LogP contribution in [-0.2, 0) is 11.3 Å². The lowest BCUT2D eigenvalue weighted by Crippen LogP contribution is -2.48. The number of ether oxygens (including phenoxy) is 1. The molecule has 2 aromatic carbocycles. The molecule has 1 aliphatic rings. The molecule has 3 aromatic rings. The predicted octanol–water partition coefficient (Wildman–Crippen LogP) is 3.97. The number of carbonyl (C=O) groups excluding carboxylic acids is 1. The molecule has 1 aliphatic heterocycles. The van der Waals surface area contributed by atoms with Crippen LogP contribution in [0.4, 0.5) is 4.39 Å². The number of carbonyl (C=O) groups is 1. The van der Waals surface area contributed by atoms with Gasteiger partial charge >= 0.3 is 0 Å². The van der Waals surface area contributed by atoms with Gasteiger partial charge in [-0.05, 0) is 24.3 Å². The van der Waals surface area contributed by atoms with Crippen LogP contribution in [0, 0.1) is 5.82 Å². The van der Waals surface area contributed by atoms with Crippen molar-refractivity contribution in [2.45, 2.75) is 11.8 Å². The Bertz CT molecular complexity index is 1070. The number of thioether (sulfide) groups is 1. The third-order valence-electron chi connectivity index (χ3n) is 5.23. The van der Waals surface area contributed by atoms with Gasteiger partial charge in [0.25, 0.3) is 11.1 Å². The Balaban J connectivity index is 1.27. The first-order chi connectivity index (χ1) is 15.5. The van der Waals surface area contributed by atoms with Gasteiger partial charge in [0.2, 0.25) is 5.91 Å². The molecule has 0 aliphatic carbocycles. The molecule has 0 N–H and O–H groups in total. The summed E-state index contributed by atoms with van der Waals surface area (Å²) in [4.78, 5) is 16.5. The topological polar surface area (TPSA) is 71.7 Å². The van der Waals surface area contributed by atoms with Gasteiger partial charge in [0.05, 0.1) is 18.4 Å². The zero-order valence-electron chi connectivity index (χ0n) is 17.5. The van der Waals surface area contributed by atoms with Crippen LogP contribution in [0.15, 0.2) is 52.1 Å². The van der Waals surface area contributed by atoms with E-state index in [1.165, 1.54) is 17.8 Å². The van der Waals surface area contributed by atoms with Gasteiger partial charge in [-0.2, -0.15) is 0 Å². The highest BCUT2D eigenvalue weighted by Crippen LogP contribution is 2.30. The van der Waals surface area contributed by atoms with Gasteiger partial charge in [0.15, 0.2) is 0 Å². The average Bonchev–Trinajstić information content (AvgIpc) is 3.29. The molecule has 0 unspecified atom stereocenters. The number of hydrogen-bond acceptors (Lipinski definition) is 7. The lowest BCUT2D eigenvalue weighted by molar-refractivity contribution is -0.130. The van der Waals surface area contributed by atoms with Crippen LogP contribution in [0.3, 0.4) is 0 Å². The fourth-order valence-electron chi connectivity index (χ4n) is 3.48. The number of aromatic nitrogens is 2. The van der Waals surface area contributed by atoms with Crippen molar-refractivity contribution in [2.75, 3.05) is 39.0 Å². The molecule has 2 heterocycles. The summed E-state index contributed by atoms with van der Waals surface area (Å²) < 4.78 is 25.0. The molecule has 0 radical (unpaired) electrons. The Morgan fingerprint density at radius 2 is 1.94 bits per heavy atom. The first-order valence-corrected chi connectivity index (χ1v) is 11.4. The fourth-order valence-corrected chi connectivity index (χ4v) is 4.36. The van der Waals surface area contributed by atoms with Gasteiger partial charge in [0.1, 0.15) is 11.6 Å². The first-order valence-electron chi connectivity index (χ1n) is 10.1. The third kappa shape index (κ3) is 5.23. The SMILES string of the molecule is COc1ccccc1-c1nnc(SCC(=O)N2CCN(Cc3c(F)cccc3Cl)CC2)o1. The Morgan fingerprint density at radius 1 is 1.16 bits per heavy atom. The smallest absolute Gasteiger partial charge is 0.277 e. The maximum atomic E-state index is 14.0. The maximum absolute atomic E-state index is 14.0. The van der Waals surface area contributed by atoms with Crippen molar-refractivity contribution in [1.82, 2.24) is 20.0 Å². The van der Waals surface area contributed by atoms with Crippen LogP contribution in [-0.4, -0.2) is 64.9 Å². The van der Waals surface area contributed by atoms with Crippen LogP contribution in [0.25, 0.3) is 11.5 Å². The lowest BCUT2D eigenvalue weighted by atomic mass is 10.2. The van der Waals surface area contributed by atoms with Crippen molar-refractivity contribution in [1.29, 1.82) is 0 Å². The molecule has 0 atom stereocenters. The monoisotopic (exact) mass is 476 g/mol. The van der Waals surface area contributed by atoms with E-state index in [1.807, 2.05) is 24.3 Å². The van der Waals surface area contributed by atoms with Gasteiger partial charge in [0, 0.05) is 43.3 Å². The van der Waals surface area contributed by atoms with E-state index in [4.69, 9.17) is 20.8 Å². The number of piperazine rings is 1. The van der Waals surface area contributed by atoms with E-state index in [0.29, 0.717) is 65.7 Å². The summed E-state index contributed by atoms with van der Waals surface area (Å²) in [5.74, 6) is 0.874. The van der Waals surface area contributed by atoms with Crippen molar-refractivity contribution >= 4 is 29.3 Å². The quantitative estimate of drug-likeness (QED) is 0.478. The molecule has 4 rings (SSSR count). The number of halogens is 2. The Kier molecular flexibility index (Phi) is 7.29. The van der Waals surface area contributed by atoms with Gasteiger partial charge in [-0.15, -0.1) is 10.2 Å². The number of benzene rings is 2. The highest BCUT2D eigenvalue weighted by Gasteiger charge is 2.23. The van der Waals surface area contributed by atoms with Crippen LogP contribution in [0.5, 0.6) is 5.75 Å². The van der Waals surface area contributed by atoms with Gasteiger partial charge in [-0.1, -0.05) is 41.6 Å². The maximum Gasteiger partial charge on any atom is 0.277 e. The highest BCUT2D eigenvalue weighted by molar-refractivity contribution is 7.99. The lowest BCUT2D eigenvalue weighted by Gasteiger charge is -2.34.